The van der Waals surface area contributed by atoms with Crippen LogP contribution in [0.25, 0.3) is 109 Å². The van der Waals surface area contributed by atoms with Crippen LogP contribution < -0.4 is 0 Å². The molecule has 0 aliphatic rings. The van der Waals surface area contributed by atoms with Gasteiger partial charge in [-0.05, 0) is 71.8 Å². The number of thiophene rings is 1. The summed E-state index contributed by atoms with van der Waals surface area (Å²) in [5.41, 5.74) is 12.0. The first-order valence-electron chi connectivity index (χ1n) is 19.2. The zero-order valence-corrected chi connectivity index (χ0v) is 31.5. The van der Waals surface area contributed by atoms with E-state index in [1.54, 1.807) is 0 Å². The van der Waals surface area contributed by atoms with E-state index in [0.29, 0.717) is 5.95 Å². The van der Waals surface area contributed by atoms with Crippen LogP contribution in [-0.4, -0.2) is 19.1 Å². The van der Waals surface area contributed by atoms with Gasteiger partial charge in [0.1, 0.15) is 0 Å². The van der Waals surface area contributed by atoms with E-state index in [1.807, 2.05) is 23.5 Å². The molecule has 0 saturated heterocycles. The molecule has 0 aliphatic carbocycles. The van der Waals surface area contributed by atoms with E-state index < -0.39 is 0 Å². The number of benzene rings is 8. The van der Waals surface area contributed by atoms with Crippen LogP contribution in [0.4, 0.5) is 0 Å². The second kappa shape index (κ2) is 12.6. The second-order valence-electron chi connectivity index (χ2n) is 14.6. The Balaban J connectivity index is 1.07. The minimum Gasteiger partial charge on any atom is -0.309 e. The summed E-state index contributed by atoms with van der Waals surface area (Å²) in [4.78, 5) is 10.5. The third kappa shape index (κ3) is 4.99. The highest BCUT2D eigenvalue weighted by Gasteiger charge is 2.21. The number of fused-ring (bicyclic) bond motifs is 10. The van der Waals surface area contributed by atoms with Gasteiger partial charge in [0.15, 0.2) is 0 Å². The van der Waals surface area contributed by atoms with Gasteiger partial charge in [0.05, 0.1) is 33.5 Å². The van der Waals surface area contributed by atoms with Gasteiger partial charge in [-0.1, -0.05) is 133 Å². The lowest BCUT2D eigenvalue weighted by atomic mass is 10.00. The molecule has 0 aliphatic heterocycles. The topological polar surface area (TPSA) is 35.6 Å². The van der Waals surface area contributed by atoms with Crippen LogP contribution in [0, 0.1) is 0 Å². The summed E-state index contributed by atoms with van der Waals surface area (Å²) in [5.74, 6) is 0.650. The normalized spacial score (nSPS) is 11.9. The molecule has 5 heteroatoms. The maximum Gasteiger partial charge on any atom is 0.235 e. The number of aromatic nitrogens is 4. The fourth-order valence-electron chi connectivity index (χ4n) is 8.76. The van der Waals surface area contributed by atoms with Crippen LogP contribution >= 0.6 is 11.3 Å². The Labute approximate surface area is 332 Å². The van der Waals surface area contributed by atoms with Gasteiger partial charge in [-0.2, -0.15) is 0 Å². The molecule has 8 aromatic carbocycles. The van der Waals surface area contributed by atoms with Crippen molar-refractivity contribution in [3.8, 4) is 45.3 Å². The number of rotatable bonds is 5. The summed E-state index contributed by atoms with van der Waals surface area (Å²) < 4.78 is 7.30. The van der Waals surface area contributed by atoms with Crippen LogP contribution in [0.1, 0.15) is 0 Å². The molecule has 0 radical (unpaired) electrons. The molecule has 57 heavy (non-hydrogen) atoms. The molecular formula is C52H32N4S. The first kappa shape index (κ1) is 32.0. The van der Waals surface area contributed by atoms with Gasteiger partial charge < -0.3 is 4.57 Å². The fraction of sp³-hybridized carbons (Fsp3) is 0. The lowest BCUT2D eigenvalue weighted by Gasteiger charge is -2.12. The Hall–Kier alpha value is -7.34. The van der Waals surface area contributed by atoms with Gasteiger partial charge >= 0.3 is 0 Å². The highest BCUT2D eigenvalue weighted by Crippen LogP contribution is 2.44. The molecule has 0 unspecified atom stereocenters. The zero-order valence-electron chi connectivity index (χ0n) is 30.7. The Kier molecular flexibility index (Phi) is 7.06. The molecule has 266 valence electrons. The maximum atomic E-state index is 5.23. The summed E-state index contributed by atoms with van der Waals surface area (Å²) >= 11 is 1.87. The SMILES string of the molecule is c1ccc(-c2cc(-c3ccccc3)nc(-n3c4ccccc4c4cc(-c5ccc6c(c5)c5ccc7sc8ccccc8c7c5n6-c5ccccc5)ccc43)n2)cc1. The summed E-state index contributed by atoms with van der Waals surface area (Å²) in [6, 6.07) is 69.5. The third-order valence-electron chi connectivity index (χ3n) is 11.3. The van der Waals surface area contributed by atoms with E-state index in [9.17, 15) is 0 Å². The number of nitrogens with zero attached hydrogens (tertiary/aromatic N) is 4. The summed E-state index contributed by atoms with van der Waals surface area (Å²) in [5, 5.41) is 7.45. The summed E-state index contributed by atoms with van der Waals surface area (Å²) in [6.45, 7) is 0. The van der Waals surface area contributed by atoms with E-state index in [1.165, 1.54) is 53.1 Å². The van der Waals surface area contributed by atoms with Crippen molar-refractivity contribution in [2.75, 3.05) is 0 Å². The first-order chi connectivity index (χ1) is 28.3. The Morgan fingerprint density at radius 2 is 0.895 bits per heavy atom. The largest absolute Gasteiger partial charge is 0.309 e. The van der Waals surface area contributed by atoms with E-state index in [-0.39, 0.29) is 0 Å². The van der Waals surface area contributed by atoms with Crippen LogP contribution in [0.2, 0.25) is 0 Å². The summed E-state index contributed by atoms with van der Waals surface area (Å²) in [6.07, 6.45) is 0. The van der Waals surface area contributed by atoms with E-state index in [0.717, 1.165) is 50.0 Å². The number of hydrogen-bond acceptors (Lipinski definition) is 3. The van der Waals surface area contributed by atoms with Gasteiger partial charge in [0.25, 0.3) is 0 Å². The smallest absolute Gasteiger partial charge is 0.235 e. The molecule has 0 spiro atoms. The molecule has 0 bridgehead atoms. The maximum absolute atomic E-state index is 5.23. The minimum atomic E-state index is 0.650. The second-order valence-corrected chi connectivity index (χ2v) is 15.7. The lowest BCUT2D eigenvalue weighted by molar-refractivity contribution is 0.995. The van der Waals surface area contributed by atoms with Crippen molar-refractivity contribution in [1.29, 1.82) is 0 Å². The van der Waals surface area contributed by atoms with Crippen LogP contribution in [0.3, 0.4) is 0 Å². The van der Waals surface area contributed by atoms with Crippen molar-refractivity contribution in [3.63, 3.8) is 0 Å². The molecule has 4 nitrogen and oxygen atoms in total. The van der Waals surface area contributed by atoms with Crippen molar-refractivity contribution in [3.05, 3.63) is 194 Å². The van der Waals surface area contributed by atoms with Crippen LogP contribution in [0.15, 0.2) is 194 Å². The van der Waals surface area contributed by atoms with Crippen molar-refractivity contribution in [2.24, 2.45) is 0 Å². The van der Waals surface area contributed by atoms with Gasteiger partial charge in [-0.3, -0.25) is 4.57 Å². The van der Waals surface area contributed by atoms with Gasteiger partial charge in [0.2, 0.25) is 5.95 Å². The number of para-hydroxylation sites is 2. The zero-order chi connectivity index (χ0) is 37.5. The van der Waals surface area contributed by atoms with Gasteiger partial charge in [-0.15, -0.1) is 11.3 Å². The first-order valence-corrected chi connectivity index (χ1v) is 20.1. The summed E-state index contributed by atoms with van der Waals surface area (Å²) in [7, 11) is 0. The molecule has 12 rings (SSSR count). The third-order valence-corrected chi connectivity index (χ3v) is 12.5. The molecular weight excluding hydrogens is 713 g/mol. The van der Waals surface area contributed by atoms with Crippen molar-refractivity contribution in [2.45, 2.75) is 0 Å². The Morgan fingerprint density at radius 3 is 1.58 bits per heavy atom. The average molecular weight is 745 g/mol. The number of hydrogen-bond donors (Lipinski definition) is 0. The highest BCUT2D eigenvalue weighted by molar-refractivity contribution is 7.26. The van der Waals surface area contributed by atoms with Gasteiger partial charge in [0, 0.05) is 58.5 Å². The van der Waals surface area contributed by atoms with Crippen molar-refractivity contribution in [1.82, 2.24) is 19.1 Å². The Bertz CT molecular complexity index is 3450. The monoisotopic (exact) mass is 744 g/mol. The Morgan fingerprint density at radius 1 is 0.351 bits per heavy atom. The van der Waals surface area contributed by atoms with Crippen LogP contribution in [0.5, 0.6) is 0 Å². The minimum absolute atomic E-state index is 0.650. The van der Waals surface area contributed by atoms with Crippen molar-refractivity contribution >= 4 is 75.1 Å². The lowest BCUT2D eigenvalue weighted by Crippen LogP contribution is -2.03. The quantitative estimate of drug-likeness (QED) is 0.176. The molecule has 0 fully saturated rings. The fourth-order valence-corrected chi connectivity index (χ4v) is 9.86. The molecule has 0 atom stereocenters. The molecule has 4 heterocycles. The van der Waals surface area contributed by atoms with Crippen molar-refractivity contribution < 1.29 is 0 Å². The highest BCUT2D eigenvalue weighted by atomic mass is 32.1. The average Bonchev–Trinajstić information content (AvgIpc) is 3.94. The van der Waals surface area contributed by atoms with Gasteiger partial charge in [-0.25, -0.2) is 9.97 Å². The molecule has 0 saturated carbocycles. The van der Waals surface area contributed by atoms with E-state index in [4.69, 9.17) is 9.97 Å². The van der Waals surface area contributed by atoms with Crippen LogP contribution in [-0.2, 0) is 0 Å². The van der Waals surface area contributed by atoms with E-state index in [2.05, 4.69) is 191 Å². The van der Waals surface area contributed by atoms with E-state index >= 15 is 0 Å². The standard InChI is InChI=1S/C52H32N4S/c1-4-14-33(15-5-1)43-32-44(34-16-6-2-7-17-34)54-52(53-43)56-45-22-12-10-20-38(45)41-30-35(25-28-47(41)56)36-24-27-46-42(31-36)39-26-29-49-50(40-21-11-13-23-48(40)57-49)51(39)55(46)37-18-8-3-9-19-37/h1-32H. The predicted molar refractivity (Wildman–Crippen MR) is 240 cm³/mol. The molecule has 4 aromatic heterocycles. The molecule has 0 amide bonds. The molecule has 12 aromatic rings. The molecule has 0 N–H and O–H groups in total. The predicted octanol–water partition coefficient (Wildman–Crippen LogP) is 14.0.